The van der Waals surface area contributed by atoms with Crippen LogP contribution in [0.1, 0.15) is 16.4 Å². The summed E-state index contributed by atoms with van der Waals surface area (Å²) < 4.78 is 0.503. The molecule has 1 heterocycles. The number of hydrogen-bond donors (Lipinski definition) is 1. The SMILES string of the molecule is CC(I)c1ccnc(N)c1. The molecule has 2 N–H and O–H groups in total. The quantitative estimate of drug-likeness (QED) is 0.611. The molecule has 0 bridgehead atoms. The van der Waals surface area contributed by atoms with Crippen molar-refractivity contribution in [3.63, 3.8) is 0 Å². The molecule has 1 aromatic rings. The third-order valence-electron chi connectivity index (χ3n) is 1.26. The lowest BCUT2D eigenvalue weighted by atomic mass is 10.2. The zero-order valence-electron chi connectivity index (χ0n) is 5.71. The van der Waals surface area contributed by atoms with Crippen molar-refractivity contribution in [3.8, 4) is 0 Å². The molecular weight excluding hydrogens is 239 g/mol. The number of nitrogens with zero attached hydrogens (tertiary/aromatic N) is 1. The summed E-state index contributed by atoms with van der Waals surface area (Å²) in [7, 11) is 0. The van der Waals surface area contributed by atoms with E-state index < -0.39 is 0 Å². The zero-order chi connectivity index (χ0) is 7.56. The Morgan fingerprint density at radius 3 is 2.80 bits per heavy atom. The van der Waals surface area contributed by atoms with E-state index in [1.54, 1.807) is 6.20 Å². The summed E-state index contributed by atoms with van der Waals surface area (Å²) in [5.74, 6) is 0.598. The van der Waals surface area contributed by atoms with E-state index in [1.807, 2.05) is 12.1 Å². The highest BCUT2D eigenvalue weighted by Gasteiger charge is 1.98. The average molecular weight is 248 g/mol. The van der Waals surface area contributed by atoms with Crippen LogP contribution in [0.2, 0.25) is 0 Å². The van der Waals surface area contributed by atoms with Crippen LogP contribution in [0.25, 0.3) is 0 Å². The smallest absolute Gasteiger partial charge is 0.123 e. The number of nitrogen functional groups attached to an aromatic ring is 1. The van der Waals surface area contributed by atoms with E-state index in [0.717, 1.165) is 0 Å². The van der Waals surface area contributed by atoms with Crippen LogP contribution in [-0.4, -0.2) is 4.98 Å². The Labute approximate surface area is 74.0 Å². The Balaban J connectivity index is 2.96. The van der Waals surface area contributed by atoms with E-state index in [0.29, 0.717) is 9.74 Å². The molecule has 0 fully saturated rings. The van der Waals surface area contributed by atoms with E-state index >= 15 is 0 Å². The number of halogens is 1. The fourth-order valence-electron chi connectivity index (χ4n) is 0.713. The summed E-state index contributed by atoms with van der Waals surface area (Å²) in [5, 5.41) is 0. The van der Waals surface area contributed by atoms with E-state index in [4.69, 9.17) is 5.73 Å². The predicted molar refractivity (Wildman–Crippen MR) is 51.1 cm³/mol. The molecule has 54 valence electrons. The van der Waals surface area contributed by atoms with Gasteiger partial charge in [0.05, 0.1) is 0 Å². The van der Waals surface area contributed by atoms with Gasteiger partial charge in [-0.25, -0.2) is 4.98 Å². The Morgan fingerprint density at radius 2 is 2.40 bits per heavy atom. The van der Waals surface area contributed by atoms with Crippen molar-refractivity contribution in [1.82, 2.24) is 4.98 Å². The number of nitrogens with two attached hydrogens (primary N) is 1. The number of aromatic nitrogens is 1. The Bertz CT molecular complexity index is 223. The molecule has 0 aliphatic carbocycles. The standard InChI is InChI=1S/C7H9IN2/c1-5(8)6-2-3-10-7(9)4-6/h2-5H,1H3,(H2,9,10). The van der Waals surface area contributed by atoms with Gasteiger partial charge in [-0.05, 0) is 24.6 Å². The van der Waals surface area contributed by atoms with Gasteiger partial charge in [0.2, 0.25) is 0 Å². The second-order valence-electron chi connectivity index (χ2n) is 2.13. The normalized spacial score (nSPS) is 13.0. The number of hydrogen-bond acceptors (Lipinski definition) is 2. The van der Waals surface area contributed by atoms with Crippen molar-refractivity contribution < 1.29 is 0 Å². The third kappa shape index (κ3) is 1.83. The molecule has 0 aliphatic rings. The number of rotatable bonds is 1. The Hall–Kier alpha value is -0.320. The molecule has 3 heteroatoms. The van der Waals surface area contributed by atoms with Crippen LogP contribution in [0, 0.1) is 0 Å². The fourth-order valence-corrected chi connectivity index (χ4v) is 1.10. The number of anilines is 1. The molecule has 0 amide bonds. The molecule has 1 atom stereocenters. The van der Waals surface area contributed by atoms with Crippen molar-refractivity contribution in [2.75, 3.05) is 5.73 Å². The first kappa shape index (κ1) is 7.78. The average Bonchev–Trinajstić information content (AvgIpc) is 1.88. The first-order chi connectivity index (χ1) is 4.70. The maximum absolute atomic E-state index is 5.48. The van der Waals surface area contributed by atoms with Gasteiger partial charge in [0.15, 0.2) is 0 Å². The fraction of sp³-hybridized carbons (Fsp3) is 0.286. The van der Waals surface area contributed by atoms with Crippen molar-refractivity contribution in [3.05, 3.63) is 23.9 Å². The van der Waals surface area contributed by atoms with Crippen LogP contribution in [0.5, 0.6) is 0 Å². The summed E-state index contributed by atoms with van der Waals surface area (Å²) in [6, 6.07) is 3.88. The van der Waals surface area contributed by atoms with Crippen molar-refractivity contribution in [2.24, 2.45) is 0 Å². The molecule has 0 aliphatic heterocycles. The van der Waals surface area contributed by atoms with E-state index in [-0.39, 0.29) is 0 Å². The minimum Gasteiger partial charge on any atom is -0.384 e. The maximum Gasteiger partial charge on any atom is 0.123 e. The summed E-state index contributed by atoms with van der Waals surface area (Å²) in [6.07, 6.45) is 1.74. The summed E-state index contributed by atoms with van der Waals surface area (Å²) >= 11 is 2.34. The molecule has 2 nitrogen and oxygen atoms in total. The van der Waals surface area contributed by atoms with Gasteiger partial charge in [0, 0.05) is 10.1 Å². The first-order valence-electron chi connectivity index (χ1n) is 3.05. The van der Waals surface area contributed by atoms with Crippen LogP contribution in [0.4, 0.5) is 5.82 Å². The highest BCUT2D eigenvalue weighted by atomic mass is 127. The highest BCUT2D eigenvalue weighted by Crippen LogP contribution is 2.22. The lowest BCUT2D eigenvalue weighted by molar-refractivity contribution is 1.13. The van der Waals surface area contributed by atoms with E-state index in [1.165, 1.54) is 5.56 Å². The molecule has 1 rings (SSSR count). The minimum atomic E-state index is 0.503. The second-order valence-corrected chi connectivity index (χ2v) is 4.00. The van der Waals surface area contributed by atoms with Crippen molar-refractivity contribution in [1.29, 1.82) is 0 Å². The summed E-state index contributed by atoms with van der Waals surface area (Å²) in [4.78, 5) is 3.90. The molecule has 0 spiro atoms. The molecule has 0 aromatic carbocycles. The van der Waals surface area contributed by atoms with Crippen molar-refractivity contribution >= 4 is 28.4 Å². The molecule has 0 saturated carbocycles. The third-order valence-corrected chi connectivity index (χ3v) is 1.98. The van der Waals surface area contributed by atoms with Gasteiger partial charge >= 0.3 is 0 Å². The molecule has 0 saturated heterocycles. The first-order valence-corrected chi connectivity index (χ1v) is 4.30. The second kappa shape index (κ2) is 3.18. The molecule has 10 heavy (non-hydrogen) atoms. The summed E-state index contributed by atoms with van der Waals surface area (Å²) in [6.45, 7) is 2.12. The maximum atomic E-state index is 5.48. The van der Waals surface area contributed by atoms with Crippen LogP contribution in [0.15, 0.2) is 18.3 Å². The summed E-state index contributed by atoms with van der Waals surface area (Å²) in [5.41, 5.74) is 6.71. The van der Waals surface area contributed by atoms with Gasteiger partial charge in [-0.15, -0.1) is 0 Å². The molecular formula is C7H9IN2. The lowest BCUT2D eigenvalue weighted by Crippen LogP contribution is -1.91. The lowest BCUT2D eigenvalue weighted by Gasteiger charge is -2.02. The molecule has 1 aromatic heterocycles. The van der Waals surface area contributed by atoms with Gasteiger partial charge < -0.3 is 5.73 Å². The van der Waals surface area contributed by atoms with Gasteiger partial charge in [-0.2, -0.15) is 0 Å². The van der Waals surface area contributed by atoms with Crippen molar-refractivity contribution in [2.45, 2.75) is 10.8 Å². The van der Waals surface area contributed by atoms with Gasteiger partial charge in [-0.1, -0.05) is 22.6 Å². The highest BCUT2D eigenvalue weighted by molar-refractivity contribution is 14.1. The number of pyridine rings is 1. The van der Waals surface area contributed by atoms with E-state index in [9.17, 15) is 0 Å². The number of alkyl halides is 1. The van der Waals surface area contributed by atoms with Gasteiger partial charge in [0.25, 0.3) is 0 Å². The molecule has 1 unspecified atom stereocenters. The zero-order valence-corrected chi connectivity index (χ0v) is 7.87. The van der Waals surface area contributed by atoms with E-state index in [2.05, 4.69) is 34.5 Å². The van der Waals surface area contributed by atoms with Crippen LogP contribution in [0.3, 0.4) is 0 Å². The monoisotopic (exact) mass is 248 g/mol. The minimum absolute atomic E-state index is 0.503. The van der Waals surface area contributed by atoms with Crippen LogP contribution in [-0.2, 0) is 0 Å². The van der Waals surface area contributed by atoms with Gasteiger partial charge in [0.1, 0.15) is 5.82 Å². The van der Waals surface area contributed by atoms with Crippen LogP contribution < -0.4 is 5.73 Å². The molecule has 0 radical (unpaired) electrons. The topological polar surface area (TPSA) is 38.9 Å². The van der Waals surface area contributed by atoms with Gasteiger partial charge in [-0.3, -0.25) is 0 Å². The Kier molecular flexibility index (Phi) is 2.48. The van der Waals surface area contributed by atoms with Crippen LogP contribution >= 0.6 is 22.6 Å². The largest absolute Gasteiger partial charge is 0.384 e. The predicted octanol–water partition coefficient (Wildman–Crippen LogP) is 2.16. The Morgan fingerprint density at radius 1 is 1.70 bits per heavy atom.